The van der Waals surface area contributed by atoms with Crippen molar-refractivity contribution in [2.45, 2.75) is 13.3 Å². The Kier molecular flexibility index (Phi) is 6.78. The average Bonchev–Trinajstić information content (AvgIpc) is 3.36. The van der Waals surface area contributed by atoms with Gasteiger partial charge in [-0.05, 0) is 42.5 Å². The Morgan fingerprint density at radius 2 is 1.96 bits per heavy atom. The van der Waals surface area contributed by atoms with Crippen molar-refractivity contribution in [1.82, 2.24) is 10.3 Å². The fraction of sp³-hybridized carbons (Fsp3) is 0.250. The van der Waals surface area contributed by atoms with Crippen LogP contribution in [0.25, 0.3) is 9.88 Å². The van der Waals surface area contributed by atoms with E-state index in [9.17, 15) is 9.59 Å². The SMILES string of the molecule is COc1ccc(CCNC(=O)COC(=O)c2sc(-c3cccs3)nc2C)cc1. The van der Waals surface area contributed by atoms with Crippen molar-refractivity contribution < 1.29 is 19.1 Å². The second kappa shape index (κ2) is 9.48. The lowest BCUT2D eigenvalue weighted by Crippen LogP contribution is -2.30. The van der Waals surface area contributed by atoms with Gasteiger partial charge in [-0.1, -0.05) is 18.2 Å². The maximum absolute atomic E-state index is 12.3. The molecule has 2 aromatic heterocycles. The van der Waals surface area contributed by atoms with E-state index < -0.39 is 5.97 Å². The summed E-state index contributed by atoms with van der Waals surface area (Å²) in [6, 6.07) is 11.5. The molecule has 2 heterocycles. The second-order valence-corrected chi connectivity index (χ2v) is 7.88. The van der Waals surface area contributed by atoms with E-state index in [1.165, 1.54) is 11.3 Å². The number of aryl methyl sites for hydroxylation is 1. The smallest absolute Gasteiger partial charge is 0.350 e. The minimum Gasteiger partial charge on any atom is -0.497 e. The first-order valence-corrected chi connectivity index (χ1v) is 10.3. The van der Waals surface area contributed by atoms with Crippen molar-refractivity contribution in [2.24, 2.45) is 0 Å². The molecule has 0 atom stereocenters. The highest BCUT2D eigenvalue weighted by molar-refractivity contribution is 7.22. The summed E-state index contributed by atoms with van der Waals surface area (Å²) in [6.07, 6.45) is 0.682. The van der Waals surface area contributed by atoms with Crippen molar-refractivity contribution in [3.63, 3.8) is 0 Å². The van der Waals surface area contributed by atoms with Crippen molar-refractivity contribution in [3.05, 3.63) is 57.9 Å². The van der Waals surface area contributed by atoms with Gasteiger partial charge in [0, 0.05) is 6.54 Å². The second-order valence-electron chi connectivity index (χ2n) is 5.94. The third-order valence-corrected chi connectivity index (χ3v) is 6.12. The molecule has 0 aliphatic carbocycles. The Morgan fingerprint density at radius 3 is 2.64 bits per heavy atom. The Morgan fingerprint density at radius 1 is 1.18 bits per heavy atom. The lowest BCUT2D eigenvalue weighted by molar-refractivity contribution is -0.124. The number of methoxy groups -OCH3 is 1. The number of thiophene rings is 1. The molecule has 3 rings (SSSR count). The highest BCUT2D eigenvalue weighted by Crippen LogP contribution is 2.31. The molecule has 0 fully saturated rings. The molecule has 146 valence electrons. The van der Waals surface area contributed by atoms with Crippen molar-refractivity contribution >= 4 is 34.6 Å². The van der Waals surface area contributed by atoms with Gasteiger partial charge in [0.15, 0.2) is 6.61 Å². The number of benzene rings is 1. The minimum absolute atomic E-state index is 0.312. The zero-order valence-corrected chi connectivity index (χ0v) is 17.2. The van der Waals surface area contributed by atoms with E-state index >= 15 is 0 Å². The number of amides is 1. The molecular formula is C20H20N2O4S2. The molecular weight excluding hydrogens is 396 g/mol. The van der Waals surface area contributed by atoms with Crippen LogP contribution in [0, 0.1) is 6.92 Å². The van der Waals surface area contributed by atoms with Gasteiger partial charge in [-0.15, -0.1) is 22.7 Å². The lowest BCUT2D eigenvalue weighted by Gasteiger charge is -2.07. The van der Waals surface area contributed by atoms with E-state index in [1.54, 1.807) is 25.4 Å². The molecule has 1 N–H and O–H groups in total. The number of carbonyl (C=O) groups is 2. The molecule has 28 heavy (non-hydrogen) atoms. The number of nitrogens with one attached hydrogen (secondary N) is 1. The molecule has 0 unspecified atom stereocenters. The van der Waals surface area contributed by atoms with E-state index in [2.05, 4.69) is 10.3 Å². The summed E-state index contributed by atoms with van der Waals surface area (Å²) in [4.78, 5) is 30.0. The standard InChI is InChI=1S/C20H20N2O4S2/c1-13-18(28-19(22-13)16-4-3-11-27-16)20(24)26-12-17(23)21-10-9-14-5-7-15(25-2)8-6-14/h3-8,11H,9-10,12H2,1-2H3,(H,21,23). The molecule has 8 heteroatoms. The number of aromatic nitrogens is 1. The first-order valence-electron chi connectivity index (χ1n) is 8.65. The molecule has 0 saturated carbocycles. The number of esters is 1. The first kappa shape index (κ1) is 20.0. The molecule has 0 radical (unpaired) electrons. The first-order chi connectivity index (χ1) is 13.6. The number of hydrogen-bond donors (Lipinski definition) is 1. The third-order valence-electron chi connectivity index (χ3n) is 3.94. The molecule has 3 aromatic rings. The van der Waals surface area contributed by atoms with Crippen LogP contribution in [0.4, 0.5) is 0 Å². The molecule has 0 aliphatic heterocycles. The Hall–Kier alpha value is -2.71. The van der Waals surface area contributed by atoms with E-state index in [0.29, 0.717) is 23.5 Å². The summed E-state index contributed by atoms with van der Waals surface area (Å²) < 4.78 is 10.3. The van der Waals surface area contributed by atoms with Gasteiger partial charge < -0.3 is 14.8 Å². The van der Waals surface area contributed by atoms with Gasteiger partial charge in [-0.25, -0.2) is 9.78 Å². The Labute approximate surface area is 171 Å². The van der Waals surface area contributed by atoms with Crippen LogP contribution < -0.4 is 10.1 Å². The van der Waals surface area contributed by atoms with E-state index in [0.717, 1.165) is 21.2 Å². The zero-order chi connectivity index (χ0) is 19.9. The van der Waals surface area contributed by atoms with Crippen molar-refractivity contribution in [2.75, 3.05) is 20.3 Å². The van der Waals surface area contributed by atoms with Gasteiger partial charge in [0.2, 0.25) is 0 Å². The predicted octanol–water partition coefficient (Wildman–Crippen LogP) is 3.70. The number of nitrogens with zero attached hydrogens (tertiary/aromatic N) is 1. The molecule has 0 spiro atoms. The van der Waals surface area contributed by atoms with Crippen LogP contribution in [0.15, 0.2) is 41.8 Å². The van der Waals surface area contributed by atoms with Crippen LogP contribution in [0.1, 0.15) is 20.9 Å². The fourth-order valence-corrected chi connectivity index (χ4v) is 4.23. The Balaban J connectivity index is 1.44. The number of ether oxygens (including phenoxy) is 2. The van der Waals surface area contributed by atoms with Crippen LogP contribution in [-0.4, -0.2) is 37.1 Å². The summed E-state index contributed by atoms with van der Waals surface area (Å²) in [5.74, 6) is -0.0640. The van der Waals surface area contributed by atoms with Crippen LogP contribution in [-0.2, 0) is 16.0 Å². The summed E-state index contributed by atoms with van der Waals surface area (Å²) >= 11 is 2.84. The lowest BCUT2D eigenvalue weighted by atomic mass is 10.1. The molecule has 0 bridgehead atoms. The molecule has 0 saturated heterocycles. The number of thiazole rings is 1. The topological polar surface area (TPSA) is 77.5 Å². The van der Waals surface area contributed by atoms with Crippen molar-refractivity contribution in [3.8, 4) is 15.6 Å². The number of carbonyl (C=O) groups excluding carboxylic acids is 2. The highest BCUT2D eigenvalue weighted by atomic mass is 32.1. The predicted molar refractivity (Wildman–Crippen MR) is 110 cm³/mol. The van der Waals surface area contributed by atoms with Gasteiger partial charge in [-0.2, -0.15) is 0 Å². The van der Waals surface area contributed by atoms with Crippen LogP contribution in [0.5, 0.6) is 5.75 Å². The monoisotopic (exact) mass is 416 g/mol. The average molecular weight is 417 g/mol. The van der Waals surface area contributed by atoms with Gasteiger partial charge in [0.1, 0.15) is 15.6 Å². The summed E-state index contributed by atoms with van der Waals surface area (Å²) in [5.41, 5.74) is 1.69. The van der Waals surface area contributed by atoms with Gasteiger partial charge in [0.25, 0.3) is 5.91 Å². The van der Waals surface area contributed by atoms with Gasteiger partial charge in [0.05, 0.1) is 17.7 Å². The molecule has 1 amide bonds. The van der Waals surface area contributed by atoms with Crippen LogP contribution in [0.3, 0.4) is 0 Å². The maximum atomic E-state index is 12.3. The largest absolute Gasteiger partial charge is 0.497 e. The maximum Gasteiger partial charge on any atom is 0.350 e. The number of rotatable bonds is 8. The molecule has 0 aliphatic rings. The minimum atomic E-state index is -0.525. The fourth-order valence-electron chi connectivity index (χ4n) is 2.48. The molecule has 6 nitrogen and oxygen atoms in total. The quantitative estimate of drug-likeness (QED) is 0.567. The summed E-state index contributed by atoms with van der Waals surface area (Å²) in [6.45, 7) is 1.91. The van der Waals surface area contributed by atoms with E-state index in [4.69, 9.17) is 9.47 Å². The zero-order valence-electron chi connectivity index (χ0n) is 15.6. The van der Waals surface area contributed by atoms with Crippen molar-refractivity contribution in [1.29, 1.82) is 0 Å². The van der Waals surface area contributed by atoms with Gasteiger partial charge in [-0.3, -0.25) is 4.79 Å². The normalized spacial score (nSPS) is 10.5. The summed E-state index contributed by atoms with van der Waals surface area (Å²) in [7, 11) is 1.62. The molecule has 1 aromatic carbocycles. The van der Waals surface area contributed by atoms with Crippen LogP contribution in [0.2, 0.25) is 0 Å². The number of hydrogen-bond acceptors (Lipinski definition) is 7. The third kappa shape index (κ3) is 5.17. The van der Waals surface area contributed by atoms with E-state index in [1.807, 2.05) is 41.8 Å². The van der Waals surface area contributed by atoms with Gasteiger partial charge >= 0.3 is 5.97 Å². The Bertz CT molecular complexity index is 934. The summed E-state index contributed by atoms with van der Waals surface area (Å²) in [5, 5.41) is 5.49. The van der Waals surface area contributed by atoms with E-state index in [-0.39, 0.29) is 12.5 Å². The highest BCUT2D eigenvalue weighted by Gasteiger charge is 2.19. The van der Waals surface area contributed by atoms with Crippen LogP contribution >= 0.6 is 22.7 Å².